The van der Waals surface area contributed by atoms with E-state index in [0.717, 1.165) is 30.6 Å². The fourth-order valence-electron chi connectivity index (χ4n) is 2.04. The van der Waals surface area contributed by atoms with E-state index in [-0.39, 0.29) is 6.03 Å². The number of urea groups is 1. The van der Waals surface area contributed by atoms with Crippen LogP contribution in [0.15, 0.2) is 18.2 Å². The molecule has 0 aliphatic rings. The zero-order valence-corrected chi connectivity index (χ0v) is 12.8. The van der Waals surface area contributed by atoms with Gasteiger partial charge in [-0.05, 0) is 30.4 Å². The summed E-state index contributed by atoms with van der Waals surface area (Å²) >= 11 is 0. The molecule has 1 N–H and O–H groups in total. The Balaban J connectivity index is 2.84. The lowest BCUT2D eigenvalue weighted by molar-refractivity contribution is 0.222. The number of nitrogens with one attached hydrogen (secondary N) is 1. The lowest BCUT2D eigenvalue weighted by Crippen LogP contribution is -2.32. The van der Waals surface area contributed by atoms with Gasteiger partial charge in [0.1, 0.15) is 0 Å². The van der Waals surface area contributed by atoms with Crippen molar-refractivity contribution in [2.45, 2.75) is 46.5 Å². The van der Waals surface area contributed by atoms with Crippen LogP contribution >= 0.6 is 0 Å². The molecule has 0 spiro atoms. The first kappa shape index (κ1) is 15.5. The van der Waals surface area contributed by atoms with E-state index in [1.807, 2.05) is 26.1 Å². The molecule has 2 amide bonds. The zero-order chi connectivity index (χ0) is 14.4. The van der Waals surface area contributed by atoms with Crippen molar-refractivity contribution in [2.24, 2.45) is 0 Å². The highest BCUT2D eigenvalue weighted by Crippen LogP contribution is 2.27. The molecule has 3 nitrogen and oxygen atoms in total. The Hall–Kier alpha value is -1.51. The lowest BCUT2D eigenvalue weighted by Gasteiger charge is -2.21. The Labute approximate surface area is 117 Å². The van der Waals surface area contributed by atoms with Gasteiger partial charge in [-0.25, -0.2) is 4.79 Å². The van der Waals surface area contributed by atoms with Gasteiger partial charge in [-0.15, -0.1) is 0 Å². The molecule has 0 fully saturated rings. The highest BCUT2D eigenvalue weighted by Gasteiger charge is 2.14. The lowest BCUT2D eigenvalue weighted by atomic mass is 9.98. The normalized spacial score (nSPS) is 10.6. The summed E-state index contributed by atoms with van der Waals surface area (Å²) in [7, 11) is 1.85. The maximum atomic E-state index is 12.2. The Morgan fingerprint density at radius 1 is 1.37 bits per heavy atom. The van der Waals surface area contributed by atoms with E-state index < -0.39 is 0 Å². The summed E-state index contributed by atoms with van der Waals surface area (Å²) in [5, 5.41) is 3.06. The third kappa shape index (κ3) is 4.27. The monoisotopic (exact) mass is 262 g/mol. The van der Waals surface area contributed by atoms with Crippen molar-refractivity contribution < 1.29 is 4.79 Å². The number of unbranched alkanes of at least 4 members (excludes halogenated alkanes) is 1. The number of rotatable bonds is 5. The fraction of sp³-hybridized carbons (Fsp3) is 0.562. The maximum absolute atomic E-state index is 12.2. The SMILES string of the molecule is CCCCN(C)C(=O)Nc1c(C)cccc1C(C)C. The largest absolute Gasteiger partial charge is 0.328 e. The van der Waals surface area contributed by atoms with Gasteiger partial charge in [0.05, 0.1) is 0 Å². The van der Waals surface area contributed by atoms with Crippen LogP contribution in [0.25, 0.3) is 0 Å². The predicted molar refractivity (Wildman–Crippen MR) is 81.8 cm³/mol. The molecule has 0 saturated carbocycles. The van der Waals surface area contributed by atoms with Gasteiger partial charge < -0.3 is 10.2 Å². The molecule has 106 valence electrons. The summed E-state index contributed by atoms with van der Waals surface area (Å²) in [6, 6.07) is 6.14. The van der Waals surface area contributed by atoms with Gasteiger partial charge in [0.15, 0.2) is 0 Å². The maximum Gasteiger partial charge on any atom is 0.321 e. The van der Waals surface area contributed by atoms with Crippen LogP contribution < -0.4 is 5.32 Å². The average Bonchev–Trinajstić information content (AvgIpc) is 2.37. The number of carbonyl (C=O) groups is 1. The molecular weight excluding hydrogens is 236 g/mol. The van der Waals surface area contributed by atoms with Gasteiger partial charge in [-0.1, -0.05) is 45.4 Å². The molecule has 0 bridgehead atoms. The number of amides is 2. The van der Waals surface area contributed by atoms with Crippen LogP contribution in [0.3, 0.4) is 0 Å². The number of aryl methyl sites for hydroxylation is 1. The Bertz CT molecular complexity index is 427. The topological polar surface area (TPSA) is 32.3 Å². The van der Waals surface area contributed by atoms with E-state index >= 15 is 0 Å². The summed E-state index contributed by atoms with van der Waals surface area (Å²) in [5.41, 5.74) is 3.27. The number of carbonyl (C=O) groups excluding carboxylic acids is 1. The molecule has 0 atom stereocenters. The molecular formula is C16H26N2O. The number of benzene rings is 1. The second kappa shape index (κ2) is 7.17. The summed E-state index contributed by atoms with van der Waals surface area (Å²) in [6.45, 7) is 9.25. The molecule has 0 saturated heterocycles. The first-order valence-electron chi connectivity index (χ1n) is 7.09. The van der Waals surface area contributed by atoms with E-state index in [9.17, 15) is 4.79 Å². The third-order valence-corrected chi connectivity index (χ3v) is 3.35. The van der Waals surface area contributed by atoms with Gasteiger partial charge in [-0.2, -0.15) is 0 Å². The Morgan fingerprint density at radius 2 is 2.05 bits per heavy atom. The summed E-state index contributed by atoms with van der Waals surface area (Å²) in [4.78, 5) is 13.9. The van der Waals surface area contributed by atoms with Crippen LogP contribution in [0.4, 0.5) is 10.5 Å². The minimum absolute atomic E-state index is 0.0235. The summed E-state index contributed by atoms with van der Waals surface area (Å²) in [6.07, 6.45) is 2.13. The van der Waals surface area contributed by atoms with E-state index in [1.165, 1.54) is 5.56 Å². The third-order valence-electron chi connectivity index (χ3n) is 3.35. The van der Waals surface area contributed by atoms with Crippen LogP contribution in [-0.4, -0.2) is 24.5 Å². The number of hydrogen-bond acceptors (Lipinski definition) is 1. The molecule has 0 radical (unpaired) electrons. The number of para-hydroxylation sites is 1. The molecule has 3 heteroatoms. The van der Waals surface area contributed by atoms with E-state index in [0.29, 0.717) is 5.92 Å². The first-order chi connectivity index (χ1) is 8.97. The average molecular weight is 262 g/mol. The summed E-state index contributed by atoms with van der Waals surface area (Å²) in [5.74, 6) is 0.399. The second-order valence-corrected chi connectivity index (χ2v) is 5.40. The van der Waals surface area contributed by atoms with Crippen molar-refractivity contribution in [1.29, 1.82) is 0 Å². The molecule has 1 aromatic carbocycles. The molecule has 1 rings (SSSR count). The Kier molecular flexibility index (Phi) is 5.87. The van der Waals surface area contributed by atoms with Crippen molar-refractivity contribution in [3.63, 3.8) is 0 Å². The standard InChI is InChI=1S/C16H26N2O/c1-6-7-11-18(5)16(19)17-15-13(4)9-8-10-14(15)12(2)3/h8-10,12H,6-7,11H2,1-5H3,(H,17,19). The molecule has 1 aromatic rings. The first-order valence-corrected chi connectivity index (χ1v) is 7.09. The molecule has 0 heterocycles. The van der Waals surface area contributed by atoms with Gasteiger partial charge in [-0.3, -0.25) is 0 Å². The van der Waals surface area contributed by atoms with E-state index in [2.05, 4.69) is 32.2 Å². The number of hydrogen-bond donors (Lipinski definition) is 1. The van der Waals surface area contributed by atoms with Gasteiger partial charge in [0.2, 0.25) is 0 Å². The highest BCUT2D eigenvalue weighted by molar-refractivity contribution is 5.91. The minimum atomic E-state index is -0.0235. The number of anilines is 1. The summed E-state index contributed by atoms with van der Waals surface area (Å²) < 4.78 is 0. The van der Waals surface area contributed by atoms with Crippen molar-refractivity contribution in [2.75, 3.05) is 18.9 Å². The quantitative estimate of drug-likeness (QED) is 0.839. The predicted octanol–water partition coefficient (Wildman–Crippen LogP) is 4.38. The van der Waals surface area contributed by atoms with Crippen LogP contribution in [0.2, 0.25) is 0 Å². The van der Waals surface area contributed by atoms with Crippen molar-refractivity contribution in [3.05, 3.63) is 29.3 Å². The molecule has 19 heavy (non-hydrogen) atoms. The van der Waals surface area contributed by atoms with Crippen molar-refractivity contribution in [3.8, 4) is 0 Å². The van der Waals surface area contributed by atoms with Gasteiger partial charge in [0.25, 0.3) is 0 Å². The molecule has 0 aliphatic heterocycles. The molecule has 0 unspecified atom stereocenters. The number of nitrogens with zero attached hydrogens (tertiary/aromatic N) is 1. The van der Waals surface area contributed by atoms with E-state index in [4.69, 9.17) is 0 Å². The smallest absolute Gasteiger partial charge is 0.321 e. The molecule has 0 aliphatic carbocycles. The molecule has 0 aromatic heterocycles. The second-order valence-electron chi connectivity index (χ2n) is 5.40. The van der Waals surface area contributed by atoms with E-state index in [1.54, 1.807) is 4.90 Å². The van der Waals surface area contributed by atoms with Crippen LogP contribution in [0.1, 0.15) is 50.7 Å². The van der Waals surface area contributed by atoms with Crippen molar-refractivity contribution >= 4 is 11.7 Å². The van der Waals surface area contributed by atoms with Crippen LogP contribution in [0, 0.1) is 6.92 Å². The zero-order valence-electron chi connectivity index (χ0n) is 12.8. The fourth-order valence-corrected chi connectivity index (χ4v) is 2.04. The van der Waals surface area contributed by atoms with Crippen LogP contribution in [0.5, 0.6) is 0 Å². The Morgan fingerprint density at radius 3 is 2.63 bits per heavy atom. The van der Waals surface area contributed by atoms with Gasteiger partial charge >= 0.3 is 6.03 Å². The van der Waals surface area contributed by atoms with Gasteiger partial charge in [0, 0.05) is 19.3 Å². The van der Waals surface area contributed by atoms with Crippen LogP contribution in [-0.2, 0) is 0 Å². The highest BCUT2D eigenvalue weighted by atomic mass is 16.2. The van der Waals surface area contributed by atoms with Crippen molar-refractivity contribution in [1.82, 2.24) is 4.90 Å². The minimum Gasteiger partial charge on any atom is -0.328 e.